The summed E-state index contributed by atoms with van der Waals surface area (Å²) in [5.74, 6) is 0.950. The van der Waals surface area contributed by atoms with E-state index in [0.29, 0.717) is 0 Å². The molecule has 0 radical (unpaired) electrons. The van der Waals surface area contributed by atoms with Crippen molar-refractivity contribution in [2.45, 2.75) is 65.7 Å². The molecule has 0 unspecified atom stereocenters. The third kappa shape index (κ3) is 8.55. The van der Waals surface area contributed by atoms with Gasteiger partial charge in [-0.05, 0) is 18.8 Å². The Balaban J connectivity index is 3.04. The van der Waals surface area contributed by atoms with E-state index in [1.807, 2.05) is 0 Å². The van der Waals surface area contributed by atoms with Crippen LogP contribution >= 0.6 is 0 Å². The van der Waals surface area contributed by atoms with Gasteiger partial charge in [-0.1, -0.05) is 52.9 Å². The van der Waals surface area contributed by atoms with Crippen LogP contribution in [0.2, 0.25) is 0 Å². The second-order valence-corrected chi connectivity index (χ2v) is 4.14. The molecule has 0 N–H and O–H groups in total. The van der Waals surface area contributed by atoms with Crippen LogP contribution in [-0.4, -0.2) is 13.2 Å². The van der Waals surface area contributed by atoms with Gasteiger partial charge >= 0.3 is 0 Å². The molecule has 1 nitrogen and oxygen atoms in total. The van der Waals surface area contributed by atoms with Gasteiger partial charge < -0.3 is 4.74 Å². The molecule has 0 aromatic heterocycles. The van der Waals surface area contributed by atoms with Crippen molar-refractivity contribution < 1.29 is 4.74 Å². The molecule has 0 aliphatic carbocycles. The quantitative estimate of drug-likeness (QED) is 0.475. The van der Waals surface area contributed by atoms with Gasteiger partial charge in [0, 0.05) is 13.2 Å². The van der Waals surface area contributed by atoms with Crippen molar-refractivity contribution in [2.24, 2.45) is 5.92 Å². The topological polar surface area (TPSA) is 9.23 Å². The largest absolute Gasteiger partial charge is 0.381 e. The van der Waals surface area contributed by atoms with E-state index in [4.69, 9.17) is 4.74 Å². The van der Waals surface area contributed by atoms with Gasteiger partial charge in [-0.15, -0.1) is 0 Å². The fourth-order valence-electron chi connectivity index (χ4n) is 1.68. The van der Waals surface area contributed by atoms with Gasteiger partial charge in [0.25, 0.3) is 0 Å². The van der Waals surface area contributed by atoms with Gasteiger partial charge in [0.15, 0.2) is 0 Å². The Labute approximate surface area is 90.2 Å². The first-order valence-corrected chi connectivity index (χ1v) is 6.42. The lowest BCUT2D eigenvalue weighted by Gasteiger charge is -2.11. The Kier molecular flexibility index (Phi) is 11.0. The third-order valence-electron chi connectivity index (χ3n) is 2.95. The maximum absolute atomic E-state index is 5.52. The highest BCUT2D eigenvalue weighted by molar-refractivity contribution is 4.54. The van der Waals surface area contributed by atoms with Gasteiger partial charge in [-0.25, -0.2) is 0 Å². The summed E-state index contributed by atoms with van der Waals surface area (Å²) in [7, 11) is 0. The zero-order valence-electron chi connectivity index (χ0n) is 10.3. The highest BCUT2D eigenvalue weighted by Crippen LogP contribution is 2.15. The van der Waals surface area contributed by atoms with Gasteiger partial charge in [0.1, 0.15) is 0 Å². The Morgan fingerprint density at radius 1 is 0.857 bits per heavy atom. The molecule has 0 aromatic carbocycles. The minimum atomic E-state index is 0.950. The number of hydrogen-bond donors (Lipinski definition) is 0. The summed E-state index contributed by atoms with van der Waals surface area (Å²) in [6.07, 6.45) is 9.13. The summed E-state index contributed by atoms with van der Waals surface area (Å²) in [4.78, 5) is 0. The average molecular weight is 200 g/mol. The first kappa shape index (κ1) is 14.0. The molecule has 0 atom stereocenters. The average Bonchev–Trinajstić information content (AvgIpc) is 2.22. The molecule has 14 heavy (non-hydrogen) atoms. The monoisotopic (exact) mass is 200 g/mol. The normalized spacial score (nSPS) is 11.1. The molecular weight excluding hydrogens is 172 g/mol. The zero-order valence-corrected chi connectivity index (χ0v) is 10.3. The molecule has 1 heteroatoms. The number of unbranched alkanes of at least 4 members (excludes halogenated alkanes) is 2. The van der Waals surface area contributed by atoms with Crippen LogP contribution in [0.5, 0.6) is 0 Å². The summed E-state index contributed by atoms with van der Waals surface area (Å²) < 4.78 is 5.52. The molecule has 0 amide bonds. The first-order valence-electron chi connectivity index (χ1n) is 6.42. The second-order valence-electron chi connectivity index (χ2n) is 4.14. The van der Waals surface area contributed by atoms with E-state index in [-0.39, 0.29) is 0 Å². The molecule has 0 aromatic rings. The molecule has 0 saturated heterocycles. The Morgan fingerprint density at radius 2 is 1.50 bits per heavy atom. The van der Waals surface area contributed by atoms with Crippen molar-refractivity contribution in [1.29, 1.82) is 0 Å². The van der Waals surface area contributed by atoms with Crippen LogP contribution in [0.1, 0.15) is 65.7 Å². The zero-order chi connectivity index (χ0) is 10.6. The van der Waals surface area contributed by atoms with E-state index in [1.54, 1.807) is 0 Å². The SMILES string of the molecule is CCCCOCCCCC(CC)CC. The summed E-state index contributed by atoms with van der Waals surface area (Å²) in [5, 5.41) is 0. The van der Waals surface area contributed by atoms with E-state index in [9.17, 15) is 0 Å². The predicted octanol–water partition coefficient (Wildman–Crippen LogP) is 4.41. The third-order valence-corrected chi connectivity index (χ3v) is 2.95. The molecule has 0 fully saturated rings. The van der Waals surface area contributed by atoms with Gasteiger partial charge in [-0.2, -0.15) is 0 Å². The van der Waals surface area contributed by atoms with Crippen LogP contribution < -0.4 is 0 Å². The van der Waals surface area contributed by atoms with E-state index < -0.39 is 0 Å². The van der Waals surface area contributed by atoms with E-state index in [2.05, 4.69) is 20.8 Å². The van der Waals surface area contributed by atoms with Crippen LogP contribution in [0.25, 0.3) is 0 Å². The second kappa shape index (κ2) is 11.0. The minimum absolute atomic E-state index is 0.950. The van der Waals surface area contributed by atoms with E-state index >= 15 is 0 Å². The molecule has 0 rings (SSSR count). The number of hydrogen-bond acceptors (Lipinski definition) is 1. The lowest BCUT2D eigenvalue weighted by atomic mass is 9.97. The smallest absolute Gasteiger partial charge is 0.0466 e. The lowest BCUT2D eigenvalue weighted by molar-refractivity contribution is 0.126. The van der Waals surface area contributed by atoms with Gasteiger partial charge in [0.2, 0.25) is 0 Å². The highest BCUT2D eigenvalue weighted by atomic mass is 16.5. The van der Waals surface area contributed by atoms with Crippen molar-refractivity contribution in [3.8, 4) is 0 Å². The van der Waals surface area contributed by atoms with Crippen molar-refractivity contribution in [1.82, 2.24) is 0 Å². The minimum Gasteiger partial charge on any atom is -0.381 e. The van der Waals surface area contributed by atoms with Crippen LogP contribution in [0.15, 0.2) is 0 Å². The lowest BCUT2D eigenvalue weighted by Crippen LogP contribution is -2.00. The van der Waals surface area contributed by atoms with Crippen molar-refractivity contribution in [3.63, 3.8) is 0 Å². The summed E-state index contributed by atoms with van der Waals surface area (Å²) in [5.41, 5.74) is 0. The van der Waals surface area contributed by atoms with Crippen LogP contribution in [0.3, 0.4) is 0 Å². The molecule has 0 spiro atoms. The molecule has 0 aliphatic heterocycles. The van der Waals surface area contributed by atoms with Crippen LogP contribution in [0, 0.1) is 5.92 Å². The van der Waals surface area contributed by atoms with Gasteiger partial charge in [0.05, 0.1) is 0 Å². The molecule has 0 saturated carbocycles. The van der Waals surface area contributed by atoms with Crippen molar-refractivity contribution >= 4 is 0 Å². The molecule has 86 valence electrons. The first-order chi connectivity index (χ1) is 6.85. The molecule has 0 bridgehead atoms. The summed E-state index contributed by atoms with van der Waals surface area (Å²) in [6, 6.07) is 0. The predicted molar refractivity (Wildman–Crippen MR) is 63.7 cm³/mol. The Bertz CT molecular complexity index is 97.4. The van der Waals surface area contributed by atoms with Crippen LogP contribution in [-0.2, 0) is 4.74 Å². The molecule has 0 aliphatic rings. The summed E-state index contributed by atoms with van der Waals surface area (Å²) >= 11 is 0. The summed E-state index contributed by atoms with van der Waals surface area (Å²) in [6.45, 7) is 8.73. The van der Waals surface area contributed by atoms with Gasteiger partial charge in [-0.3, -0.25) is 0 Å². The number of rotatable bonds is 10. The fraction of sp³-hybridized carbons (Fsp3) is 1.00. The molecular formula is C13H28O. The maximum Gasteiger partial charge on any atom is 0.0466 e. The fourth-order valence-corrected chi connectivity index (χ4v) is 1.68. The van der Waals surface area contributed by atoms with E-state index in [1.165, 1.54) is 44.9 Å². The highest BCUT2D eigenvalue weighted by Gasteiger charge is 2.01. The molecule has 0 heterocycles. The van der Waals surface area contributed by atoms with Crippen molar-refractivity contribution in [3.05, 3.63) is 0 Å². The van der Waals surface area contributed by atoms with E-state index in [0.717, 1.165) is 19.1 Å². The maximum atomic E-state index is 5.52. The Morgan fingerprint density at radius 3 is 2.07 bits per heavy atom. The standard InChI is InChI=1S/C13H28O/c1-4-7-11-14-12-9-8-10-13(5-2)6-3/h13H,4-12H2,1-3H3. The van der Waals surface area contributed by atoms with Crippen LogP contribution in [0.4, 0.5) is 0 Å². The van der Waals surface area contributed by atoms with Crippen molar-refractivity contribution in [2.75, 3.05) is 13.2 Å². The number of ether oxygens (including phenoxy) is 1. The Hall–Kier alpha value is -0.0400.